The van der Waals surface area contributed by atoms with Crippen molar-refractivity contribution < 1.29 is 28.7 Å². The van der Waals surface area contributed by atoms with Gasteiger partial charge < -0.3 is 34.1 Å². The maximum Gasteiger partial charge on any atom is 0.411 e. The molecule has 3 fully saturated rings. The summed E-state index contributed by atoms with van der Waals surface area (Å²) in [6, 6.07) is 23.8. The number of hydrogen-bond acceptors (Lipinski definition) is 9. The van der Waals surface area contributed by atoms with Crippen LogP contribution in [-0.2, 0) is 19.1 Å². The molecule has 0 radical (unpaired) electrons. The third kappa shape index (κ3) is 8.49. The first-order valence-corrected chi connectivity index (χ1v) is 21.5. The van der Waals surface area contributed by atoms with Gasteiger partial charge in [-0.1, -0.05) is 66.7 Å². The zero-order valence-electron chi connectivity index (χ0n) is 34.2. The van der Waals surface area contributed by atoms with Gasteiger partial charge in [0.25, 0.3) is 5.91 Å². The normalized spacial score (nSPS) is 19.7. The summed E-state index contributed by atoms with van der Waals surface area (Å²) in [4.78, 5) is 71.3. The Morgan fingerprint density at radius 1 is 0.833 bits per heavy atom. The number of rotatable bonds is 9. The molecular formula is C45H50N8O6S. The van der Waals surface area contributed by atoms with E-state index in [0.717, 1.165) is 65.4 Å². The van der Waals surface area contributed by atoms with Crippen LogP contribution in [0.1, 0.15) is 81.8 Å². The van der Waals surface area contributed by atoms with E-state index in [2.05, 4.69) is 46.7 Å². The first-order chi connectivity index (χ1) is 29.0. The summed E-state index contributed by atoms with van der Waals surface area (Å²) in [6.45, 7) is 6.65. The van der Waals surface area contributed by atoms with Gasteiger partial charge in [-0.25, -0.2) is 19.6 Å². The van der Waals surface area contributed by atoms with Crippen molar-refractivity contribution in [2.24, 2.45) is 0 Å². The first kappa shape index (κ1) is 40.7. The van der Waals surface area contributed by atoms with Gasteiger partial charge in [0, 0.05) is 36.9 Å². The van der Waals surface area contributed by atoms with Crippen LogP contribution in [0.15, 0.2) is 97.5 Å². The molecular weight excluding hydrogens is 781 g/mol. The van der Waals surface area contributed by atoms with E-state index in [-0.39, 0.29) is 23.9 Å². The van der Waals surface area contributed by atoms with Crippen molar-refractivity contribution in [1.82, 2.24) is 39.5 Å². The number of imidazole rings is 2. The highest BCUT2D eigenvalue weighted by atomic mass is 32.2. The van der Waals surface area contributed by atoms with E-state index in [1.54, 1.807) is 22.9 Å². The van der Waals surface area contributed by atoms with E-state index < -0.39 is 29.9 Å². The Kier molecular flexibility index (Phi) is 11.7. The molecule has 4 amide bonds. The first-order valence-electron chi connectivity index (χ1n) is 20.4. The second kappa shape index (κ2) is 17.3. The highest BCUT2D eigenvalue weighted by molar-refractivity contribution is 7.99. The van der Waals surface area contributed by atoms with Gasteiger partial charge in [0.15, 0.2) is 0 Å². The molecule has 4 atom stereocenters. The number of aromatic nitrogens is 4. The molecule has 8 rings (SSSR count). The van der Waals surface area contributed by atoms with Gasteiger partial charge in [0.1, 0.15) is 29.3 Å². The Hall–Kier alpha value is -6.09. The van der Waals surface area contributed by atoms with Gasteiger partial charge >= 0.3 is 12.2 Å². The van der Waals surface area contributed by atoms with Crippen LogP contribution in [-0.4, -0.2) is 102 Å². The van der Waals surface area contributed by atoms with Crippen molar-refractivity contribution in [2.75, 3.05) is 31.8 Å². The lowest BCUT2D eigenvalue weighted by molar-refractivity contribution is -0.136. The molecule has 0 bridgehead atoms. The number of benzene rings is 3. The van der Waals surface area contributed by atoms with E-state index in [4.69, 9.17) is 19.4 Å². The zero-order valence-corrected chi connectivity index (χ0v) is 35.1. The Morgan fingerprint density at radius 3 is 2.20 bits per heavy atom. The lowest BCUT2D eigenvalue weighted by atomic mass is 10.0. The fraction of sp³-hybridized carbons (Fsp3) is 0.378. The molecule has 5 aromatic rings. The standard InChI is InChI=1S/C45H50N8O6S/c1-45(2,3)59-44(57)53-28-60-27-37(53)41(54)51-23-8-12-35(51)39-47-26-34(48-39)31-16-14-29(15-17-31)30-18-20-33(21-19-30)50-25-22-46-40(50)36-13-9-24-52(36)42(55)38(49-43(56)58-4)32-10-6-5-7-11-32/h5-7,10-11,14-22,25-26,35-38H,8-9,12-13,23-24,27-28H2,1-4H3,(H,47,48)(H,49,56)/t35-,36-,37-,38+/m0/s1. The molecule has 3 aliphatic heterocycles. The third-order valence-corrected chi connectivity index (χ3v) is 12.3. The molecule has 0 spiro atoms. The molecule has 5 heterocycles. The van der Waals surface area contributed by atoms with Crippen molar-refractivity contribution in [1.29, 1.82) is 0 Å². The fourth-order valence-corrected chi connectivity index (χ4v) is 9.45. The minimum Gasteiger partial charge on any atom is -0.453 e. The molecule has 14 nitrogen and oxygen atoms in total. The number of amides is 4. The van der Waals surface area contributed by atoms with Crippen LogP contribution in [0.5, 0.6) is 0 Å². The highest BCUT2D eigenvalue weighted by Crippen LogP contribution is 2.37. The summed E-state index contributed by atoms with van der Waals surface area (Å²) < 4.78 is 12.5. The maximum absolute atomic E-state index is 14.1. The van der Waals surface area contributed by atoms with Gasteiger partial charge in [0.2, 0.25) is 5.91 Å². The van der Waals surface area contributed by atoms with E-state index in [1.165, 1.54) is 7.11 Å². The second-order valence-corrected chi connectivity index (χ2v) is 17.3. The Morgan fingerprint density at radius 2 is 1.50 bits per heavy atom. The number of nitrogens with one attached hydrogen (secondary N) is 2. The lowest BCUT2D eigenvalue weighted by Gasteiger charge is -2.31. The Balaban J connectivity index is 0.936. The maximum atomic E-state index is 14.1. The summed E-state index contributed by atoms with van der Waals surface area (Å²) in [5.74, 6) is 2.19. The lowest BCUT2D eigenvalue weighted by Crippen LogP contribution is -2.50. The summed E-state index contributed by atoms with van der Waals surface area (Å²) in [5, 5.41) is 2.73. The van der Waals surface area contributed by atoms with Crippen molar-refractivity contribution in [3.05, 3.63) is 115 Å². The molecule has 3 saturated heterocycles. The minimum absolute atomic E-state index is 0.0662. The van der Waals surface area contributed by atoms with Crippen molar-refractivity contribution in [2.45, 2.75) is 76.2 Å². The van der Waals surface area contributed by atoms with Crippen LogP contribution in [0.3, 0.4) is 0 Å². The van der Waals surface area contributed by atoms with Crippen LogP contribution in [0.25, 0.3) is 28.1 Å². The SMILES string of the molecule is COC(=O)N[C@@H](C(=O)N1CCC[C@H]1c1nccn1-c1ccc(-c2ccc(-c3cnc([C@@H]4CCCN4C(=O)[C@@H]4CSCN4C(=O)OC(C)(C)C)[nH]3)cc2)cc1)c1ccccc1. The van der Waals surface area contributed by atoms with Crippen LogP contribution >= 0.6 is 11.8 Å². The molecule has 3 aliphatic rings. The molecule has 0 aliphatic carbocycles. The van der Waals surface area contributed by atoms with Gasteiger partial charge in [-0.05, 0) is 80.8 Å². The largest absolute Gasteiger partial charge is 0.453 e. The van der Waals surface area contributed by atoms with Gasteiger partial charge in [-0.15, -0.1) is 11.8 Å². The van der Waals surface area contributed by atoms with Crippen LogP contribution in [0.2, 0.25) is 0 Å². The Labute approximate surface area is 353 Å². The van der Waals surface area contributed by atoms with Gasteiger partial charge in [0.05, 0.1) is 37.0 Å². The summed E-state index contributed by atoms with van der Waals surface area (Å²) >= 11 is 1.56. The Bertz CT molecular complexity index is 2320. The zero-order chi connectivity index (χ0) is 42.0. The topological polar surface area (TPSA) is 155 Å². The highest BCUT2D eigenvalue weighted by Gasteiger charge is 2.43. The van der Waals surface area contributed by atoms with Crippen LogP contribution in [0, 0.1) is 0 Å². The van der Waals surface area contributed by atoms with Crippen LogP contribution < -0.4 is 5.32 Å². The second-order valence-electron chi connectivity index (χ2n) is 16.3. The molecule has 2 aromatic heterocycles. The van der Waals surface area contributed by atoms with E-state index in [0.29, 0.717) is 30.3 Å². The number of likely N-dealkylation sites (tertiary alicyclic amines) is 2. The predicted molar refractivity (Wildman–Crippen MR) is 228 cm³/mol. The number of aromatic amines is 1. The van der Waals surface area contributed by atoms with Gasteiger partial charge in [-0.2, -0.15) is 0 Å². The van der Waals surface area contributed by atoms with E-state index >= 15 is 0 Å². The molecule has 3 aromatic carbocycles. The number of H-pyrrole nitrogens is 1. The van der Waals surface area contributed by atoms with Crippen molar-refractivity contribution >= 4 is 35.8 Å². The summed E-state index contributed by atoms with van der Waals surface area (Å²) in [6.07, 6.45) is 7.56. The predicted octanol–water partition coefficient (Wildman–Crippen LogP) is 7.66. The van der Waals surface area contributed by atoms with Crippen LogP contribution in [0.4, 0.5) is 9.59 Å². The smallest absolute Gasteiger partial charge is 0.411 e. The number of thioether (sulfide) groups is 1. The number of alkyl carbamates (subject to hydrolysis) is 1. The number of nitrogens with zero attached hydrogens (tertiary/aromatic N) is 6. The summed E-state index contributed by atoms with van der Waals surface area (Å²) in [5.41, 5.74) is 4.88. The molecule has 0 saturated carbocycles. The quantitative estimate of drug-likeness (QED) is 0.152. The molecule has 15 heteroatoms. The fourth-order valence-electron chi connectivity index (χ4n) is 8.32. The average molecular weight is 831 g/mol. The van der Waals surface area contributed by atoms with Crippen molar-refractivity contribution in [3.8, 4) is 28.1 Å². The molecule has 60 heavy (non-hydrogen) atoms. The minimum atomic E-state index is -0.891. The number of methoxy groups -OCH3 is 1. The summed E-state index contributed by atoms with van der Waals surface area (Å²) in [7, 11) is 1.28. The molecule has 312 valence electrons. The number of carbonyl (C=O) groups is 4. The number of hydrogen-bond donors (Lipinski definition) is 2. The average Bonchev–Trinajstić information content (AvgIpc) is 4.11. The monoisotopic (exact) mass is 830 g/mol. The molecule has 2 N–H and O–H groups in total. The molecule has 0 unspecified atom stereocenters. The van der Waals surface area contributed by atoms with Crippen molar-refractivity contribution in [3.63, 3.8) is 0 Å². The van der Waals surface area contributed by atoms with E-state index in [9.17, 15) is 19.2 Å². The van der Waals surface area contributed by atoms with E-state index in [1.807, 2.05) is 90.0 Å². The number of carbonyl (C=O) groups excluding carboxylic acids is 4. The van der Waals surface area contributed by atoms with Gasteiger partial charge in [-0.3, -0.25) is 14.5 Å². The third-order valence-electron chi connectivity index (χ3n) is 11.2. The number of ether oxygens (including phenoxy) is 2.